The van der Waals surface area contributed by atoms with E-state index in [0.29, 0.717) is 5.41 Å². The minimum absolute atomic E-state index is 0.535. The molecule has 13 heavy (non-hydrogen) atoms. The Bertz CT molecular complexity index is 159. The van der Waals surface area contributed by atoms with Crippen LogP contribution in [0, 0.1) is 11.3 Å². The van der Waals surface area contributed by atoms with E-state index in [1.54, 1.807) is 0 Å². The van der Waals surface area contributed by atoms with Crippen LogP contribution in [-0.4, -0.2) is 0 Å². The molecule has 0 unspecified atom stereocenters. The SMILES string of the molecule is C/C=C/CC(C)(C)C1CCCCC1. The van der Waals surface area contributed by atoms with Crippen molar-refractivity contribution in [3.63, 3.8) is 0 Å². The molecule has 0 heterocycles. The summed E-state index contributed by atoms with van der Waals surface area (Å²) < 4.78 is 0. The van der Waals surface area contributed by atoms with Crippen LogP contribution in [0.4, 0.5) is 0 Å². The maximum absolute atomic E-state index is 2.43. The van der Waals surface area contributed by atoms with Gasteiger partial charge in [0.25, 0.3) is 0 Å². The fourth-order valence-electron chi connectivity index (χ4n) is 2.47. The highest BCUT2D eigenvalue weighted by Gasteiger charge is 2.28. The lowest BCUT2D eigenvalue weighted by atomic mass is 9.69. The van der Waals surface area contributed by atoms with Gasteiger partial charge in [0.2, 0.25) is 0 Å². The van der Waals surface area contributed by atoms with Crippen LogP contribution >= 0.6 is 0 Å². The lowest BCUT2D eigenvalue weighted by Gasteiger charge is -2.36. The van der Waals surface area contributed by atoms with E-state index in [4.69, 9.17) is 0 Å². The molecule has 0 N–H and O–H groups in total. The highest BCUT2D eigenvalue weighted by molar-refractivity contribution is 4.89. The smallest absolute Gasteiger partial charge is 0.0291 e. The van der Waals surface area contributed by atoms with Crippen molar-refractivity contribution in [3.05, 3.63) is 12.2 Å². The zero-order valence-corrected chi connectivity index (χ0v) is 9.47. The zero-order chi connectivity index (χ0) is 9.73. The topological polar surface area (TPSA) is 0 Å². The van der Waals surface area contributed by atoms with Gasteiger partial charge in [-0.1, -0.05) is 45.3 Å². The maximum Gasteiger partial charge on any atom is -0.0291 e. The first-order valence-electron chi connectivity index (χ1n) is 5.78. The third-order valence-corrected chi connectivity index (χ3v) is 3.59. The summed E-state index contributed by atoms with van der Waals surface area (Å²) in [4.78, 5) is 0. The van der Waals surface area contributed by atoms with Gasteiger partial charge >= 0.3 is 0 Å². The van der Waals surface area contributed by atoms with Gasteiger partial charge in [-0.3, -0.25) is 0 Å². The third kappa shape index (κ3) is 3.17. The van der Waals surface area contributed by atoms with Crippen molar-refractivity contribution in [2.24, 2.45) is 11.3 Å². The van der Waals surface area contributed by atoms with E-state index < -0.39 is 0 Å². The first-order valence-corrected chi connectivity index (χ1v) is 5.78. The van der Waals surface area contributed by atoms with Crippen LogP contribution in [0.15, 0.2) is 12.2 Å². The van der Waals surface area contributed by atoms with Crippen molar-refractivity contribution < 1.29 is 0 Å². The molecule has 1 aliphatic carbocycles. The van der Waals surface area contributed by atoms with E-state index >= 15 is 0 Å². The lowest BCUT2D eigenvalue weighted by Crippen LogP contribution is -2.25. The Morgan fingerprint density at radius 2 is 1.77 bits per heavy atom. The predicted molar refractivity (Wildman–Crippen MR) is 59.8 cm³/mol. The monoisotopic (exact) mass is 180 g/mol. The molecule has 0 spiro atoms. The van der Waals surface area contributed by atoms with E-state index in [1.165, 1.54) is 38.5 Å². The van der Waals surface area contributed by atoms with Gasteiger partial charge in [-0.2, -0.15) is 0 Å². The van der Waals surface area contributed by atoms with E-state index in [1.807, 2.05) is 0 Å². The maximum atomic E-state index is 2.43. The van der Waals surface area contributed by atoms with Gasteiger partial charge in [-0.25, -0.2) is 0 Å². The molecule has 0 aromatic rings. The fourth-order valence-corrected chi connectivity index (χ4v) is 2.47. The summed E-state index contributed by atoms with van der Waals surface area (Å²) >= 11 is 0. The predicted octanol–water partition coefficient (Wildman–Crippen LogP) is 4.56. The molecule has 1 saturated carbocycles. The van der Waals surface area contributed by atoms with Crippen molar-refractivity contribution in [2.45, 2.75) is 59.3 Å². The Balaban J connectivity index is 2.45. The highest BCUT2D eigenvalue weighted by atomic mass is 14.3. The summed E-state index contributed by atoms with van der Waals surface area (Å²) in [5.74, 6) is 0.970. The van der Waals surface area contributed by atoms with E-state index in [9.17, 15) is 0 Å². The molecule has 0 amide bonds. The zero-order valence-electron chi connectivity index (χ0n) is 9.47. The van der Waals surface area contributed by atoms with Crippen LogP contribution in [-0.2, 0) is 0 Å². The van der Waals surface area contributed by atoms with Gasteiger partial charge in [0, 0.05) is 0 Å². The first kappa shape index (κ1) is 10.8. The van der Waals surface area contributed by atoms with Crippen molar-refractivity contribution in [2.75, 3.05) is 0 Å². The average Bonchev–Trinajstić information content (AvgIpc) is 2.16. The largest absolute Gasteiger partial charge is 0.0916 e. The summed E-state index contributed by atoms with van der Waals surface area (Å²) in [7, 11) is 0. The van der Waals surface area contributed by atoms with Gasteiger partial charge < -0.3 is 0 Å². The van der Waals surface area contributed by atoms with E-state index in [0.717, 1.165) is 5.92 Å². The summed E-state index contributed by atoms with van der Waals surface area (Å²) in [5.41, 5.74) is 0.535. The minimum atomic E-state index is 0.535. The molecular formula is C13H24. The van der Waals surface area contributed by atoms with Crippen LogP contribution < -0.4 is 0 Å². The Kier molecular flexibility index (Phi) is 4.02. The van der Waals surface area contributed by atoms with Crippen molar-refractivity contribution in [1.29, 1.82) is 0 Å². The highest BCUT2D eigenvalue weighted by Crippen LogP contribution is 2.40. The van der Waals surface area contributed by atoms with Gasteiger partial charge in [0.15, 0.2) is 0 Å². The molecule has 0 saturated heterocycles. The Morgan fingerprint density at radius 3 is 2.31 bits per heavy atom. The molecule has 1 fully saturated rings. The average molecular weight is 180 g/mol. The molecule has 0 aromatic carbocycles. The van der Waals surface area contributed by atoms with Crippen LogP contribution in [0.3, 0.4) is 0 Å². The van der Waals surface area contributed by atoms with Crippen molar-refractivity contribution >= 4 is 0 Å². The minimum Gasteiger partial charge on any atom is -0.0916 e. The molecule has 1 rings (SSSR count). The molecule has 0 aromatic heterocycles. The van der Waals surface area contributed by atoms with Crippen LogP contribution in [0.2, 0.25) is 0 Å². The molecule has 0 bridgehead atoms. The molecular weight excluding hydrogens is 156 g/mol. The second-order valence-electron chi connectivity index (χ2n) is 5.10. The molecule has 0 nitrogen and oxygen atoms in total. The number of rotatable bonds is 3. The van der Waals surface area contributed by atoms with E-state index in [-0.39, 0.29) is 0 Å². The molecule has 0 radical (unpaired) electrons. The fraction of sp³-hybridized carbons (Fsp3) is 0.846. The van der Waals surface area contributed by atoms with Crippen LogP contribution in [0.1, 0.15) is 59.3 Å². The summed E-state index contributed by atoms with van der Waals surface area (Å²) in [6.07, 6.45) is 13.1. The van der Waals surface area contributed by atoms with Crippen LogP contribution in [0.25, 0.3) is 0 Å². The summed E-state index contributed by atoms with van der Waals surface area (Å²) in [5, 5.41) is 0. The Hall–Kier alpha value is -0.260. The number of allylic oxidation sites excluding steroid dienone is 2. The van der Waals surface area contributed by atoms with Gasteiger partial charge in [0.1, 0.15) is 0 Å². The number of hydrogen-bond donors (Lipinski definition) is 0. The molecule has 0 heteroatoms. The van der Waals surface area contributed by atoms with Crippen molar-refractivity contribution in [3.8, 4) is 0 Å². The Labute approximate surface area is 83.4 Å². The summed E-state index contributed by atoms with van der Waals surface area (Å²) in [6, 6.07) is 0. The standard InChI is InChI=1S/C13H24/c1-4-5-11-13(2,3)12-9-7-6-8-10-12/h4-5,12H,6-11H2,1-3H3/b5-4+. The molecule has 0 aliphatic heterocycles. The number of hydrogen-bond acceptors (Lipinski definition) is 0. The second-order valence-corrected chi connectivity index (χ2v) is 5.10. The van der Waals surface area contributed by atoms with Gasteiger partial charge in [-0.15, -0.1) is 0 Å². The van der Waals surface area contributed by atoms with Crippen LogP contribution in [0.5, 0.6) is 0 Å². The normalized spacial score (nSPS) is 21.2. The molecule has 76 valence electrons. The van der Waals surface area contributed by atoms with Crippen molar-refractivity contribution in [1.82, 2.24) is 0 Å². The second kappa shape index (κ2) is 4.83. The Morgan fingerprint density at radius 1 is 1.15 bits per heavy atom. The lowest BCUT2D eigenvalue weighted by molar-refractivity contribution is 0.161. The first-order chi connectivity index (χ1) is 6.17. The molecule has 1 aliphatic rings. The van der Waals surface area contributed by atoms with Gasteiger partial charge in [0.05, 0.1) is 0 Å². The third-order valence-electron chi connectivity index (χ3n) is 3.59. The van der Waals surface area contributed by atoms with Gasteiger partial charge in [-0.05, 0) is 37.5 Å². The quantitative estimate of drug-likeness (QED) is 0.558. The summed E-state index contributed by atoms with van der Waals surface area (Å²) in [6.45, 7) is 6.99. The van der Waals surface area contributed by atoms with E-state index in [2.05, 4.69) is 32.9 Å². The molecule has 0 atom stereocenters.